The molecule has 6 nitrogen and oxygen atoms in total. The first-order valence-electron chi connectivity index (χ1n) is 10.7. The summed E-state index contributed by atoms with van der Waals surface area (Å²) in [5, 5.41) is 12.5. The molecule has 2 aromatic carbocycles. The number of para-hydroxylation sites is 2. The maximum atomic E-state index is 13.0. The van der Waals surface area contributed by atoms with Crippen LogP contribution in [0.15, 0.2) is 54.6 Å². The van der Waals surface area contributed by atoms with Crippen molar-refractivity contribution in [1.82, 2.24) is 9.47 Å². The Hall–Kier alpha value is -3.15. The number of nitrogens with zero attached hydrogens (tertiary/aromatic N) is 3. The van der Waals surface area contributed by atoms with E-state index >= 15 is 0 Å². The number of carbonyl (C=O) groups excluding carboxylic acids is 1. The van der Waals surface area contributed by atoms with Gasteiger partial charge in [0.05, 0.1) is 11.3 Å². The number of rotatable bonds is 7. The Balaban J connectivity index is 1.46. The minimum Gasteiger partial charge on any atom is -0.345 e. The monoisotopic (exact) mass is 405 g/mol. The minimum atomic E-state index is -0.409. The molecular weight excluding hydrogens is 378 g/mol. The summed E-state index contributed by atoms with van der Waals surface area (Å²) >= 11 is 0. The Morgan fingerprint density at radius 2 is 1.93 bits per heavy atom. The molecule has 0 aliphatic carbocycles. The quantitative estimate of drug-likeness (QED) is 0.421. The predicted molar refractivity (Wildman–Crippen MR) is 117 cm³/mol. The Morgan fingerprint density at radius 3 is 2.73 bits per heavy atom. The number of nitro groups is 1. The van der Waals surface area contributed by atoms with Crippen LogP contribution in [0.4, 0.5) is 5.69 Å². The van der Waals surface area contributed by atoms with Gasteiger partial charge in [0.25, 0.3) is 5.69 Å². The average molecular weight is 405 g/mol. The van der Waals surface area contributed by atoms with Crippen LogP contribution in [0.1, 0.15) is 37.4 Å². The highest BCUT2D eigenvalue weighted by molar-refractivity contribution is 5.81. The van der Waals surface area contributed by atoms with Crippen LogP contribution in [-0.2, 0) is 24.2 Å². The number of aryl methyl sites for hydroxylation is 2. The lowest BCUT2D eigenvalue weighted by Gasteiger charge is -2.25. The van der Waals surface area contributed by atoms with Gasteiger partial charge >= 0.3 is 0 Å². The number of amides is 1. The van der Waals surface area contributed by atoms with Crippen molar-refractivity contribution in [2.75, 3.05) is 6.54 Å². The van der Waals surface area contributed by atoms with E-state index in [0.29, 0.717) is 5.56 Å². The van der Waals surface area contributed by atoms with Crippen LogP contribution in [-0.4, -0.2) is 32.9 Å². The van der Waals surface area contributed by atoms with E-state index in [1.165, 1.54) is 22.7 Å². The van der Waals surface area contributed by atoms with Crippen LogP contribution in [0.25, 0.3) is 10.9 Å². The lowest BCUT2D eigenvalue weighted by atomic mass is 10.1. The highest BCUT2D eigenvalue weighted by Gasteiger charge is 2.29. The zero-order valence-corrected chi connectivity index (χ0v) is 17.3. The van der Waals surface area contributed by atoms with Crippen molar-refractivity contribution >= 4 is 22.5 Å². The summed E-state index contributed by atoms with van der Waals surface area (Å²) in [4.78, 5) is 25.8. The van der Waals surface area contributed by atoms with E-state index in [1.54, 1.807) is 18.2 Å². The van der Waals surface area contributed by atoms with Gasteiger partial charge in [0, 0.05) is 42.0 Å². The van der Waals surface area contributed by atoms with Gasteiger partial charge in [0.15, 0.2) is 0 Å². The Bertz CT molecular complexity index is 1070. The molecule has 1 fully saturated rings. The molecule has 1 aromatic heterocycles. The number of fused-ring (bicyclic) bond motifs is 1. The third kappa shape index (κ3) is 3.95. The molecule has 0 bridgehead atoms. The smallest absolute Gasteiger partial charge is 0.273 e. The Kier molecular flexibility index (Phi) is 5.84. The molecule has 4 rings (SSSR count). The second kappa shape index (κ2) is 8.69. The fourth-order valence-electron chi connectivity index (χ4n) is 4.73. The summed E-state index contributed by atoms with van der Waals surface area (Å²) in [5.74, 6) is -0.0113. The van der Waals surface area contributed by atoms with Crippen LogP contribution in [0, 0.1) is 10.1 Å². The van der Waals surface area contributed by atoms with Gasteiger partial charge < -0.3 is 9.47 Å². The van der Waals surface area contributed by atoms with Gasteiger partial charge in [0.1, 0.15) is 0 Å². The number of carbonyl (C=O) groups is 1. The Morgan fingerprint density at radius 1 is 1.17 bits per heavy atom. The number of hydrogen-bond acceptors (Lipinski definition) is 3. The zero-order valence-electron chi connectivity index (χ0n) is 17.3. The van der Waals surface area contributed by atoms with Gasteiger partial charge in [-0.05, 0) is 50.1 Å². The van der Waals surface area contributed by atoms with E-state index in [4.69, 9.17) is 0 Å². The molecule has 0 N–H and O–H groups in total. The normalized spacial score (nSPS) is 16.3. The molecule has 1 saturated heterocycles. The van der Waals surface area contributed by atoms with Crippen molar-refractivity contribution in [3.63, 3.8) is 0 Å². The van der Waals surface area contributed by atoms with Gasteiger partial charge in [0.2, 0.25) is 5.91 Å². The molecule has 156 valence electrons. The first-order valence-corrected chi connectivity index (χ1v) is 10.7. The Labute approximate surface area is 176 Å². The number of hydrogen-bond donors (Lipinski definition) is 0. The van der Waals surface area contributed by atoms with E-state index < -0.39 is 4.92 Å². The fraction of sp³-hybridized carbons (Fsp3) is 0.375. The molecule has 0 spiro atoms. The molecule has 6 heteroatoms. The molecule has 1 atom stereocenters. The maximum absolute atomic E-state index is 13.0. The molecule has 2 heterocycles. The third-order valence-electron chi connectivity index (χ3n) is 6.17. The molecule has 0 unspecified atom stereocenters. The second-order valence-electron chi connectivity index (χ2n) is 7.92. The summed E-state index contributed by atoms with van der Waals surface area (Å²) in [6.07, 6.45) is 3.91. The van der Waals surface area contributed by atoms with Gasteiger partial charge in [-0.15, -0.1) is 0 Å². The summed E-state index contributed by atoms with van der Waals surface area (Å²) in [6, 6.07) is 17.4. The van der Waals surface area contributed by atoms with Crippen LogP contribution >= 0.6 is 0 Å². The second-order valence-corrected chi connectivity index (χ2v) is 7.92. The van der Waals surface area contributed by atoms with Crippen LogP contribution in [0.3, 0.4) is 0 Å². The summed E-state index contributed by atoms with van der Waals surface area (Å²) in [6.45, 7) is 3.82. The van der Waals surface area contributed by atoms with Gasteiger partial charge in [-0.3, -0.25) is 14.9 Å². The lowest BCUT2D eigenvalue weighted by molar-refractivity contribution is -0.385. The topological polar surface area (TPSA) is 68.4 Å². The van der Waals surface area contributed by atoms with Crippen molar-refractivity contribution in [3.8, 4) is 0 Å². The third-order valence-corrected chi connectivity index (χ3v) is 6.17. The summed E-state index contributed by atoms with van der Waals surface area (Å²) < 4.78 is 2.35. The minimum absolute atomic E-state index is 0.0113. The van der Waals surface area contributed by atoms with Crippen molar-refractivity contribution in [2.45, 2.75) is 51.6 Å². The number of likely N-dealkylation sites (tertiary alicyclic amines) is 1. The van der Waals surface area contributed by atoms with E-state index in [9.17, 15) is 14.9 Å². The first kappa shape index (κ1) is 20.1. The van der Waals surface area contributed by atoms with E-state index in [2.05, 4.69) is 41.8 Å². The van der Waals surface area contributed by atoms with E-state index in [1.807, 2.05) is 4.90 Å². The summed E-state index contributed by atoms with van der Waals surface area (Å²) in [5.41, 5.74) is 3.07. The molecule has 1 aliphatic heterocycles. The van der Waals surface area contributed by atoms with E-state index in [-0.39, 0.29) is 24.1 Å². The van der Waals surface area contributed by atoms with Gasteiger partial charge in [-0.2, -0.15) is 0 Å². The summed E-state index contributed by atoms with van der Waals surface area (Å²) in [7, 11) is 0. The van der Waals surface area contributed by atoms with Crippen LogP contribution < -0.4 is 0 Å². The van der Waals surface area contributed by atoms with E-state index in [0.717, 1.165) is 38.8 Å². The largest absolute Gasteiger partial charge is 0.345 e. The lowest BCUT2D eigenvalue weighted by Crippen LogP contribution is -2.37. The molecule has 0 saturated carbocycles. The zero-order chi connectivity index (χ0) is 21.1. The van der Waals surface area contributed by atoms with Crippen LogP contribution in [0.5, 0.6) is 0 Å². The molecular formula is C24H27N3O3. The predicted octanol–water partition coefficient (Wildman–Crippen LogP) is 4.74. The van der Waals surface area contributed by atoms with Crippen molar-refractivity contribution in [2.24, 2.45) is 0 Å². The van der Waals surface area contributed by atoms with Crippen molar-refractivity contribution in [3.05, 3.63) is 76.0 Å². The molecule has 0 radical (unpaired) electrons. The molecule has 3 aromatic rings. The highest BCUT2D eigenvalue weighted by Crippen LogP contribution is 2.27. The first-order chi connectivity index (χ1) is 14.6. The average Bonchev–Trinajstić information content (AvgIpc) is 3.36. The number of nitro benzene ring substituents is 1. The van der Waals surface area contributed by atoms with Gasteiger partial charge in [-0.25, -0.2) is 0 Å². The SMILES string of the molecule is CCn1c(CC[C@@H]2CCCN2C(=O)Cc2ccccc2[N+](=O)[O-])cc2ccccc21. The standard InChI is InChI=1S/C24H27N3O3/c1-2-25-21(16-18-8-3-5-11-22(18)25)14-13-20-10-7-15-26(20)24(28)17-19-9-4-6-12-23(19)27(29)30/h3-6,8-9,11-12,16,20H,2,7,10,13-15,17H2,1H3/t20-/m0/s1. The van der Waals surface area contributed by atoms with Crippen molar-refractivity contribution < 1.29 is 9.72 Å². The van der Waals surface area contributed by atoms with Crippen LogP contribution in [0.2, 0.25) is 0 Å². The highest BCUT2D eigenvalue weighted by atomic mass is 16.6. The maximum Gasteiger partial charge on any atom is 0.273 e. The molecule has 30 heavy (non-hydrogen) atoms. The molecule has 1 aliphatic rings. The molecule has 1 amide bonds. The number of benzene rings is 2. The van der Waals surface area contributed by atoms with Crippen molar-refractivity contribution in [1.29, 1.82) is 0 Å². The number of aromatic nitrogens is 1. The van der Waals surface area contributed by atoms with Gasteiger partial charge in [-0.1, -0.05) is 36.4 Å². The fourth-order valence-corrected chi connectivity index (χ4v) is 4.73.